The minimum atomic E-state index is -3.92. The molecule has 2 rings (SSSR count). The molecule has 116 valence electrons. The van der Waals surface area contributed by atoms with Crippen LogP contribution >= 0.6 is 0 Å². The van der Waals surface area contributed by atoms with Crippen LogP contribution in [0, 0.1) is 5.92 Å². The summed E-state index contributed by atoms with van der Waals surface area (Å²) < 4.78 is 28.5. The van der Waals surface area contributed by atoms with Crippen LogP contribution in [0.2, 0.25) is 0 Å². The van der Waals surface area contributed by atoms with E-state index in [1.54, 1.807) is 13.1 Å². The number of carbonyl (C=O) groups is 1. The van der Waals surface area contributed by atoms with E-state index in [1.807, 2.05) is 0 Å². The molecule has 1 aliphatic rings. The molecule has 1 saturated carbocycles. The number of primary sulfonamides is 1. The molecule has 0 unspecified atom stereocenters. The lowest BCUT2D eigenvalue weighted by atomic mass is 10.2. The summed E-state index contributed by atoms with van der Waals surface area (Å²) in [4.78, 5) is 13.6. The molecule has 0 radical (unpaired) electrons. The molecule has 0 bridgehead atoms. The number of amides is 1. The van der Waals surface area contributed by atoms with E-state index in [2.05, 4.69) is 0 Å². The van der Waals surface area contributed by atoms with E-state index >= 15 is 0 Å². The number of hydrogen-bond donors (Lipinski definition) is 1. The number of ether oxygens (including phenoxy) is 1. The van der Waals surface area contributed by atoms with Crippen molar-refractivity contribution < 1.29 is 17.9 Å². The van der Waals surface area contributed by atoms with Crippen LogP contribution in [0.5, 0.6) is 0 Å². The Labute approximate surface area is 124 Å². The zero-order valence-corrected chi connectivity index (χ0v) is 12.8. The number of likely N-dealkylation sites (N-methyl/N-ethyl adjacent to an activating group) is 1. The maximum absolute atomic E-state index is 12.3. The van der Waals surface area contributed by atoms with Gasteiger partial charge in [0.25, 0.3) is 5.91 Å². The van der Waals surface area contributed by atoms with Crippen molar-refractivity contribution >= 4 is 15.9 Å². The second-order valence-corrected chi connectivity index (χ2v) is 6.82. The number of carbonyl (C=O) groups excluding carboxylic acids is 1. The standard InChI is InChI=1S/C14H20N2O4S/c1-16(8-9-20-10-11-6-7-11)14(17)12-4-2-3-5-13(12)21(15,18)19/h2-5,11H,6-10H2,1H3,(H2,15,18,19). The molecule has 21 heavy (non-hydrogen) atoms. The van der Waals surface area contributed by atoms with Gasteiger partial charge in [0.05, 0.1) is 17.1 Å². The maximum Gasteiger partial charge on any atom is 0.255 e. The first-order valence-corrected chi connectivity index (χ1v) is 8.39. The van der Waals surface area contributed by atoms with Crippen LogP contribution in [-0.2, 0) is 14.8 Å². The fourth-order valence-electron chi connectivity index (χ4n) is 1.93. The molecule has 1 amide bonds. The van der Waals surface area contributed by atoms with Gasteiger partial charge < -0.3 is 9.64 Å². The van der Waals surface area contributed by atoms with Crippen molar-refractivity contribution in [2.24, 2.45) is 11.1 Å². The predicted molar refractivity (Wildman–Crippen MR) is 78.3 cm³/mol. The third-order valence-electron chi connectivity index (χ3n) is 3.39. The van der Waals surface area contributed by atoms with E-state index in [4.69, 9.17) is 9.88 Å². The highest BCUT2D eigenvalue weighted by Gasteiger charge is 2.22. The van der Waals surface area contributed by atoms with E-state index in [-0.39, 0.29) is 16.4 Å². The molecule has 6 nitrogen and oxygen atoms in total. The zero-order valence-electron chi connectivity index (χ0n) is 12.0. The number of hydrogen-bond acceptors (Lipinski definition) is 4. The Kier molecular flexibility index (Phi) is 4.97. The van der Waals surface area contributed by atoms with Gasteiger partial charge in [-0.3, -0.25) is 4.79 Å². The van der Waals surface area contributed by atoms with Gasteiger partial charge in [-0.15, -0.1) is 0 Å². The number of nitrogens with zero attached hydrogens (tertiary/aromatic N) is 1. The Morgan fingerprint density at radius 1 is 1.38 bits per heavy atom. The van der Waals surface area contributed by atoms with Gasteiger partial charge in [0.1, 0.15) is 0 Å². The smallest absolute Gasteiger partial charge is 0.255 e. The van der Waals surface area contributed by atoms with Gasteiger partial charge in [-0.2, -0.15) is 0 Å². The first-order valence-electron chi connectivity index (χ1n) is 6.84. The van der Waals surface area contributed by atoms with E-state index in [0.717, 1.165) is 6.61 Å². The van der Waals surface area contributed by atoms with Gasteiger partial charge in [-0.1, -0.05) is 12.1 Å². The molecule has 1 aliphatic carbocycles. The first-order chi connectivity index (χ1) is 9.89. The Hall–Kier alpha value is -1.44. The van der Waals surface area contributed by atoms with E-state index in [0.29, 0.717) is 19.1 Å². The van der Waals surface area contributed by atoms with E-state index in [9.17, 15) is 13.2 Å². The molecule has 0 aliphatic heterocycles. The van der Waals surface area contributed by atoms with Crippen molar-refractivity contribution in [3.63, 3.8) is 0 Å². The normalized spacial score (nSPS) is 15.0. The Bertz CT molecular complexity index is 611. The average molecular weight is 312 g/mol. The highest BCUT2D eigenvalue weighted by atomic mass is 32.2. The molecule has 0 aromatic heterocycles. The summed E-state index contributed by atoms with van der Waals surface area (Å²) in [5.41, 5.74) is 0.0877. The van der Waals surface area contributed by atoms with Crippen LogP contribution in [0.1, 0.15) is 23.2 Å². The lowest BCUT2D eigenvalue weighted by molar-refractivity contribution is 0.0678. The Morgan fingerprint density at radius 2 is 2.05 bits per heavy atom. The minimum Gasteiger partial charge on any atom is -0.379 e. The van der Waals surface area contributed by atoms with Crippen LogP contribution in [0.3, 0.4) is 0 Å². The number of nitrogens with two attached hydrogens (primary N) is 1. The summed E-state index contributed by atoms with van der Waals surface area (Å²) in [5, 5.41) is 5.13. The molecule has 1 aromatic rings. The zero-order chi connectivity index (χ0) is 15.5. The van der Waals surface area contributed by atoms with Gasteiger partial charge in [0.2, 0.25) is 10.0 Å². The van der Waals surface area contributed by atoms with Gasteiger partial charge in [0.15, 0.2) is 0 Å². The third kappa shape index (κ3) is 4.52. The van der Waals surface area contributed by atoms with Crippen molar-refractivity contribution in [2.45, 2.75) is 17.7 Å². The molecule has 0 saturated heterocycles. The summed E-state index contributed by atoms with van der Waals surface area (Å²) in [5.74, 6) is 0.295. The summed E-state index contributed by atoms with van der Waals surface area (Å²) in [6.45, 7) is 1.58. The molecule has 0 heterocycles. The van der Waals surface area contributed by atoms with E-state index < -0.39 is 10.0 Å². The maximum atomic E-state index is 12.3. The summed E-state index contributed by atoms with van der Waals surface area (Å²) in [6, 6.07) is 5.94. The molecule has 0 spiro atoms. The third-order valence-corrected chi connectivity index (χ3v) is 4.36. The minimum absolute atomic E-state index is 0.0877. The van der Waals surface area contributed by atoms with Crippen molar-refractivity contribution in [3.8, 4) is 0 Å². The highest BCUT2D eigenvalue weighted by Crippen LogP contribution is 2.28. The predicted octanol–water partition coefficient (Wildman–Crippen LogP) is 0.833. The van der Waals surface area contributed by atoms with Crippen LogP contribution in [-0.4, -0.2) is 46.0 Å². The number of sulfonamides is 1. The van der Waals surface area contributed by atoms with Crippen LogP contribution in [0.25, 0.3) is 0 Å². The fraction of sp³-hybridized carbons (Fsp3) is 0.500. The molecule has 2 N–H and O–H groups in total. The number of benzene rings is 1. The van der Waals surface area contributed by atoms with Gasteiger partial charge in [-0.25, -0.2) is 13.6 Å². The topological polar surface area (TPSA) is 89.7 Å². The SMILES string of the molecule is CN(CCOCC1CC1)C(=O)c1ccccc1S(N)(=O)=O. The van der Waals surface area contributed by atoms with Gasteiger partial charge >= 0.3 is 0 Å². The molecular formula is C14H20N2O4S. The largest absolute Gasteiger partial charge is 0.379 e. The number of rotatable bonds is 7. The average Bonchev–Trinajstić information content (AvgIpc) is 3.26. The Balaban J connectivity index is 1.98. The second-order valence-electron chi connectivity index (χ2n) is 5.29. The molecule has 1 aromatic carbocycles. The molecule has 1 fully saturated rings. The summed E-state index contributed by atoms with van der Waals surface area (Å²) in [6.07, 6.45) is 2.44. The molecular weight excluding hydrogens is 292 g/mol. The fourth-order valence-corrected chi connectivity index (χ4v) is 2.66. The summed E-state index contributed by atoms with van der Waals surface area (Å²) >= 11 is 0. The second kappa shape index (κ2) is 6.55. The summed E-state index contributed by atoms with van der Waals surface area (Å²) in [7, 11) is -2.31. The van der Waals surface area contributed by atoms with Crippen LogP contribution in [0.15, 0.2) is 29.2 Å². The van der Waals surface area contributed by atoms with Crippen molar-refractivity contribution in [1.29, 1.82) is 0 Å². The van der Waals surface area contributed by atoms with E-state index in [1.165, 1.54) is 35.9 Å². The van der Waals surface area contributed by atoms with Gasteiger partial charge in [-0.05, 0) is 30.9 Å². The van der Waals surface area contributed by atoms with Crippen LogP contribution in [0.4, 0.5) is 0 Å². The quantitative estimate of drug-likeness (QED) is 0.755. The highest BCUT2D eigenvalue weighted by molar-refractivity contribution is 7.89. The van der Waals surface area contributed by atoms with Crippen molar-refractivity contribution in [3.05, 3.63) is 29.8 Å². The first kappa shape index (κ1) is 15.9. The molecule has 7 heteroatoms. The van der Waals surface area contributed by atoms with Crippen LogP contribution < -0.4 is 5.14 Å². The Morgan fingerprint density at radius 3 is 2.67 bits per heavy atom. The van der Waals surface area contributed by atoms with Crippen molar-refractivity contribution in [1.82, 2.24) is 4.90 Å². The lowest BCUT2D eigenvalue weighted by Gasteiger charge is -2.18. The lowest BCUT2D eigenvalue weighted by Crippen LogP contribution is -2.32. The molecule has 0 atom stereocenters. The van der Waals surface area contributed by atoms with Crippen molar-refractivity contribution in [2.75, 3.05) is 26.8 Å². The monoisotopic (exact) mass is 312 g/mol. The van der Waals surface area contributed by atoms with Gasteiger partial charge in [0, 0.05) is 20.2 Å².